The van der Waals surface area contributed by atoms with Crippen LogP contribution in [0.15, 0.2) is 53.4 Å². The first-order valence-electron chi connectivity index (χ1n) is 7.08. The van der Waals surface area contributed by atoms with Gasteiger partial charge in [-0.3, -0.25) is 9.59 Å². The SMILES string of the molecule is Cc1ccc(CSc2ccc(C(=O)CCC(=O)O)cc2)cc1. The standard InChI is InChI=1S/C18H18O3S/c1-13-2-4-14(5-3-13)12-22-16-8-6-15(7-9-16)17(19)10-11-18(20)21/h2-9H,10-12H2,1H3,(H,20,21). The van der Waals surface area contributed by atoms with Crippen LogP contribution in [0.5, 0.6) is 0 Å². The summed E-state index contributed by atoms with van der Waals surface area (Å²) in [6, 6.07) is 15.8. The van der Waals surface area contributed by atoms with Gasteiger partial charge >= 0.3 is 5.97 Å². The highest BCUT2D eigenvalue weighted by atomic mass is 32.2. The number of carboxylic acids is 1. The smallest absolute Gasteiger partial charge is 0.303 e. The minimum absolute atomic E-state index is 0.0468. The van der Waals surface area contributed by atoms with Crippen molar-refractivity contribution in [3.05, 3.63) is 65.2 Å². The summed E-state index contributed by atoms with van der Waals surface area (Å²) in [5.74, 6) is -0.192. The summed E-state index contributed by atoms with van der Waals surface area (Å²) >= 11 is 1.71. The van der Waals surface area contributed by atoms with E-state index in [4.69, 9.17) is 5.11 Å². The fraction of sp³-hybridized carbons (Fsp3) is 0.222. The maximum absolute atomic E-state index is 11.8. The molecule has 2 aromatic rings. The highest BCUT2D eigenvalue weighted by Crippen LogP contribution is 2.23. The first-order chi connectivity index (χ1) is 10.5. The van der Waals surface area contributed by atoms with Crippen molar-refractivity contribution in [1.29, 1.82) is 0 Å². The predicted molar refractivity (Wildman–Crippen MR) is 88.4 cm³/mol. The summed E-state index contributed by atoms with van der Waals surface area (Å²) in [4.78, 5) is 23.4. The van der Waals surface area contributed by atoms with Crippen molar-refractivity contribution in [2.24, 2.45) is 0 Å². The molecular formula is C18H18O3S. The topological polar surface area (TPSA) is 54.4 Å². The van der Waals surface area contributed by atoms with Gasteiger partial charge in [0.15, 0.2) is 5.78 Å². The zero-order chi connectivity index (χ0) is 15.9. The normalized spacial score (nSPS) is 10.4. The molecule has 0 aliphatic carbocycles. The van der Waals surface area contributed by atoms with Crippen LogP contribution in [0.2, 0.25) is 0 Å². The Morgan fingerprint density at radius 1 is 0.955 bits per heavy atom. The van der Waals surface area contributed by atoms with Gasteiger partial charge in [-0.15, -0.1) is 11.8 Å². The molecule has 0 unspecified atom stereocenters. The summed E-state index contributed by atoms with van der Waals surface area (Å²) in [5.41, 5.74) is 3.08. The van der Waals surface area contributed by atoms with Gasteiger partial charge in [-0.25, -0.2) is 0 Å². The Morgan fingerprint density at radius 2 is 1.59 bits per heavy atom. The summed E-state index contributed by atoms with van der Waals surface area (Å²) < 4.78 is 0. The van der Waals surface area contributed by atoms with E-state index in [1.807, 2.05) is 12.1 Å². The molecule has 22 heavy (non-hydrogen) atoms. The van der Waals surface area contributed by atoms with Gasteiger partial charge < -0.3 is 5.11 Å². The number of hydrogen-bond acceptors (Lipinski definition) is 3. The molecule has 114 valence electrons. The van der Waals surface area contributed by atoms with Crippen molar-refractivity contribution in [2.75, 3.05) is 0 Å². The molecule has 0 atom stereocenters. The lowest BCUT2D eigenvalue weighted by molar-refractivity contribution is -0.136. The quantitative estimate of drug-likeness (QED) is 0.610. The number of thioether (sulfide) groups is 1. The third-order valence-corrected chi connectivity index (χ3v) is 4.35. The predicted octanol–water partition coefficient (Wildman–Crippen LogP) is 4.33. The van der Waals surface area contributed by atoms with E-state index in [1.165, 1.54) is 11.1 Å². The highest BCUT2D eigenvalue weighted by Gasteiger charge is 2.08. The van der Waals surface area contributed by atoms with Crippen LogP contribution in [0.3, 0.4) is 0 Å². The lowest BCUT2D eigenvalue weighted by Crippen LogP contribution is -2.03. The highest BCUT2D eigenvalue weighted by molar-refractivity contribution is 7.98. The number of rotatable bonds is 7. The molecule has 0 spiro atoms. The van der Waals surface area contributed by atoms with Crippen LogP contribution in [-0.4, -0.2) is 16.9 Å². The first kappa shape index (κ1) is 16.3. The summed E-state index contributed by atoms with van der Waals surface area (Å²) in [6.07, 6.45) is -0.0754. The minimum Gasteiger partial charge on any atom is -0.481 e. The molecule has 2 aromatic carbocycles. The molecule has 0 radical (unpaired) electrons. The maximum Gasteiger partial charge on any atom is 0.303 e. The van der Waals surface area contributed by atoms with Crippen molar-refractivity contribution >= 4 is 23.5 Å². The van der Waals surface area contributed by atoms with E-state index in [0.717, 1.165) is 10.6 Å². The monoisotopic (exact) mass is 314 g/mol. The molecule has 0 saturated carbocycles. The molecule has 0 heterocycles. The second-order valence-corrected chi connectivity index (χ2v) is 6.16. The Balaban J connectivity index is 1.90. The van der Waals surface area contributed by atoms with Gasteiger partial charge in [-0.1, -0.05) is 42.0 Å². The molecule has 0 bridgehead atoms. The average molecular weight is 314 g/mol. The average Bonchev–Trinajstić information content (AvgIpc) is 2.52. The van der Waals surface area contributed by atoms with Crippen molar-refractivity contribution in [1.82, 2.24) is 0 Å². The number of carbonyl (C=O) groups excluding carboxylic acids is 1. The Kier molecular flexibility index (Phi) is 5.78. The van der Waals surface area contributed by atoms with Gasteiger partial charge in [-0.2, -0.15) is 0 Å². The van der Waals surface area contributed by atoms with Crippen molar-refractivity contribution in [3.8, 4) is 0 Å². The Hall–Kier alpha value is -2.07. The van der Waals surface area contributed by atoms with Crippen LogP contribution in [0.1, 0.15) is 34.3 Å². The van der Waals surface area contributed by atoms with Crippen molar-refractivity contribution < 1.29 is 14.7 Å². The summed E-state index contributed by atoms with van der Waals surface area (Å²) in [6.45, 7) is 2.07. The number of carboxylic acid groups (broad SMARTS) is 1. The first-order valence-corrected chi connectivity index (χ1v) is 8.06. The van der Waals surface area contributed by atoms with Gasteiger partial charge in [0.05, 0.1) is 6.42 Å². The number of aliphatic carboxylic acids is 1. The zero-order valence-corrected chi connectivity index (χ0v) is 13.2. The van der Waals surface area contributed by atoms with Crippen LogP contribution < -0.4 is 0 Å². The van der Waals surface area contributed by atoms with Gasteiger partial charge in [0.25, 0.3) is 0 Å². The molecular weight excluding hydrogens is 296 g/mol. The Bertz CT molecular complexity index is 645. The summed E-state index contributed by atoms with van der Waals surface area (Å²) in [7, 11) is 0. The second kappa shape index (κ2) is 7.80. The molecule has 4 heteroatoms. The van der Waals surface area contributed by atoms with Gasteiger partial charge in [0, 0.05) is 22.6 Å². The van der Waals surface area contributed by atoms with E-state index in [1.54, 1.807) is 23.9 Å². The molecule has 1 N–H and O–H groups in total. The van der Waals surface area contributed by atoms with E-state index in [2.05, 4.69) is 31.2 Å². The van der Waals surface area contributed by atoms with Crippen molar-refractivity contribution in [2.45, 2.75) is 30.4 Å². The molecule has 2 rings (SSSR count). The van der Waals surface area contributed by atoms with E-state index in [-0.39, 0.29) is 18.6 Å². The fourth-order valence-corrected chi connectivity index (χ4v) is 2.81. The third-order valence-electron chi connectivity index (χ3n) is 3.27. The van der Waals surface area contributed by atoms with Gasteiger partial charge in [0.2, 0.25) is 0 Å². The van der Waals surface area contributed by atoms with Crippen LogP contribution in [0, 0.1) is 6.92 Å². The van der Waals surface area contributed by atoms with Crippen molar-refractivity contribution in [3.63, 3.8) is 0 Å². The van der Waals surface area contributed by atoms with E-state index in [9.17, 15) is 9.59 Å². The van der Waals surface area contributed by atoms with Crippen LogP contribution >= 0.6 is 11.8 Å². The van der Waals surface area contributed by atoms with Crippen LogP contribution in [0.4, 0.5) is 0 Å². The third kappa shape index (κ3) is 5.04. The zero-order valence-electron chi connectivity index (χ0n) is 12.4. The van der Waals surface area contributed by atoms with Gasteiger partial charge in [0.1, 0.15) is 0 Å². The number of ketones is 1. The lowest BCUT2D eigenvalue weighted by atomic mass is 10.1. The Labute approximate surface area is 134 Å². The number of Topliss-reactive ketones (excluding diaryl/α,β-unsaturated/α-hetero) is 1. The largest absolute Gasteiger partial charge is 0.481 e. The number of benzene rings is 2. The second-order valence-electron chi connectivity index (χ2n) is 5.12. The van der Waals surface area contributed by atoms with E-state index >= 15 is 0 Å². The van der Waals surface area contributed by atoms with Gasteiger partial charge in [-0.05, 0) is 24.6 Å². The Morgan fingerprint density at radius 3 is 2.18 bits per heavy atom. The maximum atomic E-state index is 11.8. The molecule has 3 nitrogen and oxygen atoms in total. The molecule has 0 saturated heterocycles. The molecule has 0 aromatic heterocycles. The van der Waals surface area contributed by atoms with Crippen LogP contribution in [-0.2, 0) is 10.5 Å². The summed E-state index contributed by atoms with van der Waals surface area (Å²) in [5, 5.41) is 8.59. The minimum atomic E-state index is -0.946. The molecule has 0 aliphatic heterocycles. The lowest BCUT2D eigenvalue weighted by Gasteiger charge is -2.04. The number of hydrogen-bond donors (Lipinski definition) is 1. The van der Waals surface area contributed by atoms with E-state index < -0.39 is 5.97 Å². The number of aryl methyl sites for hydroxylation is 1. The molecule has 0 amide bonds. The molecule has 0 aliphatic rings. The fourth-order valence-electron chi connectivity index (χ4n) is 1.95. The molecule has 0 fully saturated rings. The van der Waals surface area contributed by atoms with Crippen LogP contribution in [0.25, 0.3) is 0 Å². The van der Waals surface area contributed by atoms with E-state index in [0.29, 0.717) is 5.56 Å². The number of carbonyl (C=O) groups is 2.